The second-order valence-electron chi connectivity index (χ2n) is 6.35. The monoisotopic (exact) mass is 395 g/mol. The topological polar surface area (TPSA) is 62.7 Å². The number of pyridine rings is 1. The molecule has 2 aromatic heterocycles. The number of nitrogens with one attached hydrogen (secondary N) is 2. The molecule has 0 aliphatic carbocycles. The molecule has 5 nitrogen and oxygen atoms in total. The molecule has 0 spiro atoms. The average Bonchev–Trinajstić information content (AvgIpc) is 2.72. The van der Waals surface area contributed by atoms with Crippen molar-refractivity contribution >= 4 is 28.4 Å². The van der Waals surface area contributed by atoms with E-state index in [2.05, 4.69) is 25.6 Å². The summed E-state index contributed by atoms with van der Waals surface area (Å²) < 4.78 is 38.5. The minimum absolute atomic E-state index is 0.210. The second kappa shape index (κ2) is 7.75. The molecule has 0 aliphatic heterocycles. The highest BCUT2D eigenvalue weighted by Gasteiger charge is 2.30. The van der Waals surface area contributed by atoms with E-state index in [4.69, 9.17) is 0 Å². The van der Waals surface area contributed by atoms with Gasteiger partial charge in [-0.2, -0.15) is 18.2 Å². The Balaban J connectivity index is 1.46. The van der Waals surface area contributed by atoms with Gasteiger partial charge in [0.2, 0.25) is 5.95 Å². The molecule has 4 rings (SSSR count). The molecule has 0 aliphatic rings. The van der Waals surface area contributed by atoms with Crippen LogP contribution in [0.1, 0.15) is 11.1 Å². The predicted molar refractivity (Wildman–Crippen MR) is 106 cm³/mol. The van der Waals surface area contributed by atoms with Crippen LogP contribution in [-0.4, -0.2) is 15.0 Å². The van der Waals surface area contributed by atoms with Crippen molar-refractivity contribution in [3.05, 3.63) is 84.2 Å². The fourth-order valence-electron chi connectivity index (χ4n) is 2.85. The first-order valence-electron chi connectivity index (χ1n) is 8.82. The maximum atomic E-state index is 12.8. The molecule has 0 atom stereocenters. The Hall–Kier alpha value is -3.68. The van der Waals surface area contributed by atoms with E-state index in [1.54, 1.807) is 24.5 Å². The first-order chi connectivity index (χ1) is 14.0. The fraction of sp³-hybridized carbons (Fsp3) is 0.0952. The summed E-state index contributed by atoms with van der Waals surface area (Å²) in [5.74, 6) is 0.879. The van der Waals surface area contributed by atoms with E-state index in [-0.39, 0.29) is 6.54 Å². The molecule has 146 valence electrons. The smallest absolute Gasteiger partial charge is 0.366 e. The zero-order valence-corrected chi connectivity index (χ0v) is 15.1. The number of benzene rings is 2. The van der Waals surface area contributed by atoms with E-state index in [9.17, 15) is 13.2 Å². The van der Waals surface area contributed by atoms with Crippen LogP contribution in [-0.2, 0) is 12.7 Å². The number of halogens is 3. The van der Waals surface area contributed by atoms with Crippen LogP contribution in [0.25, 0.3) is 10.9 Å². The van der Waals surface area contributed by atoms with E-state index in [0.29, 0.717) is 17.3 Å². The van der Waals surface area contributed by atoms with Crippen LogP contribution >= 0.6 is 0 Å². The average molecular weight is 395 g/mol. The highest BCUT2D eigenvalue weighted by Crippen LogP contribution is 2.29. The Morgan fingerprint density at radius 3 is 2.62 bits per heavy atom. The summed E-state index contributed by atoms with van der Waals surface area (Å²) in [5.41, 5.74) is 1.53. The molecule has 8 heteroatoms. The van der Waals surface area contributed by atoms with Crippen molar-refractivity contribution in [3.63, 3.8) is 0 Å². The van der Waals surface area contributed by atoms with Gasteiger partial charge in [0, 0.05) is 30.0 Å². The normalized spacial score (nSPS) is 11.4. The number of hydrogen-bond donors (Lipinski definition) is 2. The van der Waals surface area contributed by atoms with Gasteiger partial charge in [-0.25, -0.2) is 4.98 Å². The molecule has 0 saturated carbocycles. The third-order valence-corrected chi connectivity index (χ3v) is 4.24. The van der Waals surface area contributed by atoms with Crippen molar-refractivity contribution in [1.82, 2.24) is 15.0 Å². The van der Waals surface area contributed by atoms with Crippen LogP contribution in [0.15, 0.2) is 73.1 Å². The Morgan fingerprint density at radius 1 is 0.862 bits per heavy atom. The highest BCUT2D eigenvalue weighted by molar-refractivity contribution is 5.82. The molecule has 29 heavy (non-hydrogen) atoms. The van der Waals surface area contributed by atoms with Gasteiger partial charge in [-0.15, -0.1) is 0 Å². The fourth-order valence-corrected chi connectivity index (χ4v) is 2.85. The van der Waals surface area contributed by atoms with Crippen molar-refractivity contribution in [2.45, 2.75) is 12.7 Å². The van der Waals surface area contributed by atoms with Crippen LogP contribution in [0, 0.1) is 0 Å². The van der Waals surface area contributed by atoms with Crippen molar-refractivity contribution in [1.29, 1.82) is 0 Å². The molecule has 2 aromatic carbocycles. The maximum Gasteiger partial charge on any atom is 0.416 e. The summed E-state index contributed by atoms with van der Waals surface area (Å²) >= 11 is 0. The summed E-state index contributed by atoms with van der Waals surface area (Å²) in [4.78, 5) is 12.8. The molecule has 0 bridgehead atoms. The lowest BCUT2D eigenvalue weighted by atomic mass is 10.1. The van der Waals surface area contributed by atoms with E-state index < -0.39 is 11.7 Å². The van der Waals surface area contributed by atoms with Crippen LogP contribution in [0.5, 0.6) is 0 Å². The van der Waals surface area contributed by atoms with Gasteiger partial charge in [0.25, 0.3) is 0 Å². The highest BCUT2D eigenvalue weighted by atomic mass is 19.4. The lowest BCUT2D eigenvalue weighted by Gasteiger charge is -2.11. The van der Waals surface area contributed by atoms with E-state index >= 15 is 0 Å². The van der Waals surface area contributed by atoms with Crippen LogP contribution in [0.4, 0.5) is 30.6 Å². The molecule has 2 N–H and O–H groups in total. The van der Waals surface area contributed by atoms with Gasteiger partial charge in [0.1, 0.15) is 5.82 Å². The van der Waals surface area contributed by atoms with Crippen molar-refractivity contribution in [3.8, 4) is 0 Å². The van der Waals surface area contributed by atoms with Crippen molar-refractivity contribution in [2.24, 2.45) is 0 Å². The first-order valence-corrected chi connectivity index (χ1v) is 8.82. The summed E-state index contributed by atoms with van der Waals surface area (Å²) in [6, 6.07) is 16.4. The van der Waals surface area contributed by atoms with E-state index in [1.807, 2.05) is 30.3 Å². The Kier molecular flexibility index (Phi) is 4.99. The van der Waals surface area contributed by atoms with Gasteiger partial charge in [0.15, 0.2) is 0 Å². The molecular weight excluding hydrogens is 379 g/mol. The lowest BCUT2D eigenvalue weighted by molar-refractivity contribution is -0.137. The molecule has 0 unspecified atom stereocenters. The number of anilines is 3. The van der Waals surface area contributed by atoms with Gasteiger partial charge in [0.05, 0.1) is 11.1 Å². The zero-order chi connectivity index (χ0) is 20.3. The van der Waals surface area contributed by atoms with Gasteiger partial charge in [-0.05, 0) is 48.0 Å². The molecule has 0 saturated heterocycles. The molecular formula is C21H16F3N5. The Morgan fingerprint density at radius 2 is 1.76 bits per heavy atom. The number of aromatic nitrogens is 3. The number of fused-ring (bicyclic) bond motifs is 1. The largest absolute Gasteiger partial charge is 0.416 e. The molecule has 4 aromatic rings. The van der Waals surface area contributed by atoms with Crippen molar-refractivity contribution < 1.29 is 13.2 Å². The first kappa shape index (κ1) is 18.7. The number of hydrogen-bond acceptors (Lipinski definition) is 5. The number of nitrogens with zero attached hydrogens (tertiary/aromatic N) is 3. The molecule has 0 fully saturated rings. The zero-order valence-electron chi connectivity index (χ0n) is 15.1. The van der Waals surface area contributed by atoms with E-state index in [1.165, 1.54) is 6.07 Å². The minimum atomic E-state index is -4.36. The summed E-state index contributed by atoms with van der Waals surface area (Å²) in [6.45, 7) is 0.210. The Bertz CT molecular complexity index is 1140. The van der Waals surface area contributed by atoms with Crippen LogP contribution in [0.2, 0.25) is 0 Å². The molecule has 0 amide bonds. The van der Waals surface area contributed by atoms with Crippen LogP contribution < -0.4 is 10.6 Å². The summed E-state index contributed by atoms with van der Waals surface area (Å²) in [5, 5.41) is 7.13. The predicted octanol–water partition coefficient (Wildman–Crippen LogP) is 5.40. The van der Waals surface area contributed by atoms with Gasteiger partial charge in [-0.3, -0.25) is 4.98 Å². The molecule has 2 heterocycles. The van der Waals surface area contributed by atoms with Gasteiger partial charge in [-0.1, -0.05) is 18.2 Å². The summed E-state index contributed by atoms with van der Waals surface area (Å²) in [7, 11) is 0. The Labute approximate surface area is 164 Å². The minimum Gasteiger partial charge on any atom is -0.366 e. The quantitative estimate of drug-likeness (QED) is 0.474. The van der Waals surface area contributed by atoms with Gasteiger partial charge < -0.3 is 10.6 Å². The lowest BCUT2D eigenvalue weighted by Crippen LogP contribution is -2.07. The van der Waals surface area contributed by atoms with Crippen molar-refractivity contribution in [2.75, 3.05) is 10.6 Å². The summed E-state index contributed by atoms with van der Waals surface area (Å²) in [6.07, 6.45) is -1.05. The third kappa shape index (κ3) is 4.60. The maximum absolute atomic E-state index is 12.8. The van der Waals surface area contributed by atoms with Crippen LogP contribution in [0.3, 0.4) is 0 Å². The molecule has 0 radical (unpaired) electrons. The number of rotatable bonds is 5. The third-order valence-electron chi connectivity index (χ3n) is 4.24. The number of alkyl halides is 3. The van der Waals surface area contributed by atoms with E-state index in [0.717, 1.165) is 28.7 Å². The SMILES string of the molecule is FC(F)(F)c1cccc(CNc2ccnc(Nc3ccc4ncccc4c3)n2)c1. The second-order valence-corrected chi connectivity index (χ2v) is 6.35. The van der Waals surface area contributed by atoms with Gasteiger partial charge >= 0.3 is 6.18 Å². The standard InChI is InChI=1S/C21H16F3N5/c22-21(23,24)16-5-1-3-14(11-16)13-27-19-8-10-26-20(29-19)28-17-6-7-18-15(12-17)4-2-9-25-18/h1-12H,13H2,(H2,26,27,28,29).